The molecule has 0 heterocycles. The third-order valence-corrected chi connectivity index (χ3v) is 1.77. The molecule has 2 aromatic carbocycles. The topological polar surface area (TPSA) is 0 Å². The van der Waals surface area contributed by atoms with E-state index in [9.17, 15) is 25.2 Å². The van der Waals surface area contributed by atoms with Crippen LogP contribution in [0.2, 0.25) is 5.02 Å². The van der Waals surface area contributed by atoms with Crippen LogP contribution in [-0.2, 0) is 17.1 Å². The van der Waals surface area contributed by atoms with Crippen molar-refractivity contribution in [1.29, 1.82) is 0 Å². The van der Waals surface area contributed by atoms with Crippen molar-refractivity contribution in [2.24, 2.45) is 0 Å². The van der Waals surface area contributed by atoms with E-state index in [4.69, 9.17) is 11.6 Å². The molecule has 21 heavy (non-hydrogen) atoms. The summed E-state index contributed by atoms with van der Waals surface area (Å²) in [6, 6.07) is 17.8. The maximum atomic E-state index is 9.87. The van der Waals surface area contributed by atoms with Gasteiger partial charge in [0.25, 0.3) is 0 Å². The van der Waals surface area contributed by atoms with Crippen molar-refractivity contribution in [2.75, 3.05) is 0 Å². The molecule has 0 amide bonds. The molecule has 2 rings (SSSR count). The molecular formula is C12H12ClF6FeP-2. The first-order valence-corrected chi connectivity index (χ1v) is 7.60. The molecular weight excluding hydrogens is 380 g/mol. The quantitative estimate of drug-likeness (QED) is 0.189. The summed E-state index contributed by atoms with van der Waals surface area (Å²) >= 11 is 5.64. The summed E-state index contributed by atoms with van der Waals surface area (Å²) in [6.07, 6.45) is 0. The van der Waals surface area contributed by atoms with Crippen LogP contribution in [0.3, 0.4) is 0 Å². The molecule has 0 radical (unpaired) electrons. The van der Waals surface area contributed by atoms with Crippen molar-refractivity contribution >= 4 is 19.4 Å². The number of hydrogen-bond donors (Lipinski definition) is 0. The van der Waals surface area contributed by atoms with Crippen LogP contribution in [0.15, 0.2) is 54.6 Å². The van der Waals surface area contributed by atoms with Crippen LogP contribution in [0, 0.1) is 6.92 Å². The van der Waals surface area contributed by atoms with Gasteiger partial charge in [0.05, 0.1) is 0 Å². The Kier molecular flexibility index (Phi) is 8.19. The Morgan fingerprint density at radius 2 is 1.33 bits per heavy atom. The monoisotopic (exact) mass is 392 g/mol. The summed E-state index contributed by atoms with van der Waals surface area (Å²) < 4.78 is 59.2. The number of rotatable bonds is 0. The molecule has 0 aliphatic rings. The molecule has 0 spiro atoms. The van der Waals surface area contributed by atoms with Crippen LogP contribution >= 0.6 is 19.4 Å². The Bertz CT molecular complexity index is 463. The minimum atomic E-state index is -10.7. The summed E-state index contributed by atoms with van der Waals surface area (Å²) in [5.41, 5.74) is 1.21. The number of aryl methyl sites for hydroxylation is 1. The van der Waals surface area contributed by atoms with E-state index < -0.39 is 7.81 Å². The van der Waals surface area contributed by atoms with Crippen molar-refractivity contribution in [3.05, 3.63) is 65.2 Å². The van der Waals surface area contributed by atoms with Gasteiger partial charge in [-0.2, -0.15) is 18.2 Å². The summed E-state index contributed by atoms with van der Waals surface area (Å²) in [6.45, 7) is 2.02. The Hall–Kier alpha value is -0.611. The SMILES string of the molecule is Cc1cccc(Cl)c1.F[P-](F)(F)(F)(F)F.[Fe].c1cc[cH-]c1. The average molecular weight is 392 g/mol. The van der Waals surface area contributed by atoms with E-state index in [1.54, 1.807) is 0 Å². The Morgan fingerprint density at radius 1 is 0.905 bits per heavy atom. The van der Waals surface area contributed by atoms with Gasteiger partial charge in [-0.05, 0) is 24.6 Å². The fourth-order valence-corrected chi connectivity index (χ4v) is 1.17. The summed E-state index contributed by atoms with van der Waals surface area (Å²) in [4.78, 5) is 0. The van der Waals surface area contributed by atoms with Crippen molar-refractivity contribution < 1.29 is 42.3 Å². The van der Waals surface area contributed by atoms with E-state index in [1.807, 2.05) is 61.5 Å². The maximum absolute atomic E-state index is 10.7. The van der Waals surface area contributed by atoms with E-state index >= 15 is 0 Å². The molecule has 0 saturated heterocycles. The molecule has 2 aromatic rings. The summed E-state index contributed by atoms with van der Waals surface area (Å²) in [5, 5.41) is 0.810. The van der Waals surface area contributed by atoms with Crippen LogP contribution in [-0.4, -0.2) is 0 Å². The molecule has 124 valence electrons. The molecule has 0 bridgehead atoms. The van der Waals surface area contributed by atoms with E-state index in [1.165, 1.54) is 5.56 Å². The van der Waals surface area contributed by atoms with Crippen molar-refractivity contribution in [3.63, 3.8) is 0 Å². The van der Waals surface area contributed by atoms with E-state index in [0.717, 1.165) is 5.02 Å². The Morgan fingerprint density at radius 3 is 1.52 bits per heavy atom. The van der Waals surface area contributed by atoms with Gasteiger partial charge in [0, 0.05) is 22.1 Å². The Labute approximate surface area is 134 Å². The molecule has 0 aliphatic heterocycles. The van der Waals surface area contributed by atoms with Crippen LogP contribution in [0.1, 0.15) is 5.56 Å². The maximum Gasteiger partial charge on any atom is 0 e. The second-order valence-electron chi connectivity index (χ2n) is 3.72. The minimum absolute atomic E-state index is 0. The molecule has 0 nitrogen and oxygen atoms in total. The molecule has 0 fully saturated rings. The van der Waals surface area contributed by atoms with Crippen LogP contribution in [0.4, 0.5) is 25.2 Å². The fourth-order valence-electron chi connectivity index (χ4n) is 0.926. The van der Waals surface area contributed by atoms with Crippen LogP contribution < -0.4 is 0 Å². The van der Waals surface area contributed by atoms with E-state index in [0.29, 0.717) is 0 Å². The summed E-state index contributed by atoms with van der Waals surface area (Å²) in [5.74, 6) is 0. The third-order valence-electron chi connectivity index (χ3n) is 1.54. The molecule has 0 aliphatic carbocycles. The fraction of sp³-hybridized carbons (Fsp3) is 0.0833. The van der Waals surface area contributed by atoms with Crippen molar-refractivity contribution in [2.45, 2.75) is 6.92 Å². The summed E-state index contributed by atoms with van der Waals surface area (Å²) in [7, 11) is -10.7. The van der Waals surface area contributed by atoms with Crippen LogP contribution in [0.5, 0.6) is 0 Å². The van der Waals surface area contributed by atoms with Gasteiger partial charge in [0.1, 0.15) is 0 Å². The standard InChI is InChI=1S/C7H7Cl.C5H5.F6P.Fe/c1-6-3-2-4-7(8)5-6;1-2-4-5-3-1;1-7(2,3,4,5)6;/h2-5H,1H3;1-5H;;/q;2*-1;. The largest absolute Gasteiger partial charge is 0.214 e. The second-order valence-corrected chi connectivity index (χ2v) is 6.07. The molecule has 0 unspecified atom stereocenters. The predicted octanol–water partition coefficient (Wildman–Crippen LogP) is 7.43. The molecule has 0 aromatic heterocycles. The van der Waals surface area contributed by atoms with E-state index in [-0.39, 0.29) is 17.1 Å². The second kappa shape index (κ2) is 7.59. The number of hydrogen-bond acceptors (Lipinski definition) is 0. The van der Waals surface area contributed by atoms with E-state index in [2.05, 4.69) is 0 Å². The smallest absolute Gasteiger partial charge is 0 e. The van der Waals surface area contributed by atoms with Crippen molar-refractivity contribution in [1.82, 2.24) is 0 Å². The van der Waals surface area contributed by atoms with Gasteiger partial charge in [-0.25, -0.2) is 12.1 Å². The first kappa shape index (κ1) is 22.7. The van der Waals surface area contributed by atoms with Crippen molar-refractivity contribution in [3.8, 4) is 0 Å². The number of halogens is 7. The molecule has 0 N–H and O–H groups in total. The molecule has 9 heteroatoms. The zero-order chi connectivity index (χ0) is 15.9. The average Bonchev–Trinajstić information content (AvgIpc) is 2.68. The van der Waals surface area contributed by atoms with Crippen LogP contribution in [0.25, 0.3) is 0 Å². The zero-order valence-electron chi connectivity index (χ0n) is 10.6. The van der Waals surface area contributed by atoms with Gasteiger partial charge in [-0.3, -0.25) is 0 Å². The van der Waals surface area contributed by atoms with Gasteiger partial charge in [0.15, 0.2) is 0 Å². The molecule has 0 saturated carbocycles. The van der Waals surface area contributed by atoms with Gasteiger partial charge in [-0.1, -0.05) is 23.7 Å². The number of benzene rings is 1. The van der Waals surface area contributed by atoms with Gasteiger partial charge in [-0.15, -0.1) is 0 Å². The predicted molar refractivity (Wildman–Crippen MR) is 71.8 cm³/mol. The third kappa shape index (κ3) is 28.3. The first-order chi connectivity index (χ1) is 8.74. The zero-order valence-corrected chi connectivity index (χ0v) is 13.4. The Balaban J connectivity index is 0. The minimum Gasteiger partial charge on any atom is -0.214 e. The van der Waals surface area contributed by atoms with Gasteiger partial charge >= 0.3 is 33.0 Å². The molecule has 0 atom stereocenters. The normalized spacial score (nSPS) is 13.1. The first-order valence-electron chi connectivity index (χ1n) is 5.19. The van der Waals surface area contributed by atoms with Gasteiger partial charge in [0.2, 0.25) is 0 Å². The van der Waals surface area contributed by atoms with Gasteiger partial charge < -0.3 is 0 Å².